The Hall–Kier alpha value is -2.74. The van der Waals surface area contributed by atoms with Crippen LogP contribution in [-0.4, -0.2) is 4.57 Å². The van der Waals surface area contributed by atoms with Crippen LogP contribution in [0.1, 0.15) is 16.8 Å². The molecule has 2 heteroatoms. The summed E-state index contributed by atoms with van der Waals surface area (Å²) >= 11 is 0. The zero-order chi connectivity index (χ0) is 15.5. The normalized spacial score (nSPS) is 10.5. The van der Waals surface area contributed by atoms with E-state index in [4.69, 9.17) is 4.74 Å². The van der Waals surface area contributed by atoms with Crippen molar-refractivity contribution >= 4 is 6.08 Å². The Labute approximate surface area is 131 Å². The highest BCUT2D eigenvalue weighted by atomic mass is 16.5. The van der Waals surface area contributed by atoms with E-state index in [9.17, 15) is 0 Å². The van der Waals surface area contributed by atoms with Crippen LogP contribution in [0.2, 0.25) is 0 Å². The summed E-state index contributed by atoms with van der Waals surface area (Å²) in [6, 6.07) is 20.4. The molecule has 2 nitrogen and oxygen atoms in total. The average Bonchev–Trinajstić information content (AvgIpc) is 2.94. The molecule has 0 fully saturated rings. The third-order valence-electron chi connectivity index (χ3n) is 3.66. The Morgan fingerprint density at radius 2 is 1.73 bits per heavy atom. The van der Waals surface area contributed by atoms with Gasteiger partial charge in [-0.1, -0.05) is 36.9 Å². The molecular formula is C20H19NO. The van der Waals surface area contributed by atoms with Crippen LogP contribution in [0.15, 0.2) is 67.2 Å². The van der Waals surface area contributed by atoms with Gasteiger partial charge in [-0.15, -0.1) is 0 Å². The Bertz CT molecular complexity index is 800. The number of ether oxygens (including phenoxy) is 1. The highest BCUT2D eigenvalue weighted by Crippen LogP contribution is 2.30. The molecule has 0 amide bonds. The molecule has 110 valence electrons. The molecule has 1 heterocycles. The average molecular weight is 289 g/mol. The molecule has 0 saturated carbocycles. The van der Waals surface area contributed by atoms with Crippen molar-refractivity contribution in [2.24, 2.45) is 0 Å². The number of benzene rings is 2. The Morgan fingerprint density at radius 1 is 0.955 bits per heavy atom. The van der Waals surface area contributed by atoms with Gasteiger partial charge in [0.15, 0.2) is 0 Å². The zero-order valence-corrected chi connectivity index (χ0v) is 12.9. The number of aromatic nitrogens is 1. The Kier molecular flexibility index (Phi) is 3.84. The predicted octanol–water partition coefficient (Wildman–Crippen LogP) is 5.53. The second-order valence-corrected chi connectivity index (χ2v) is 5.34. The van der Waals surface area contributed by atoms with E-state index < -0.39 is 0 Å². The molecule has 0 atom stereocenters. The van der Waals surface area contributed by atoms with Gasteiger partial charge in [0.25, 0.3) is 0 Å². The third-order valence-corrected chi connectivity index (χ3v) is 3.66. The quantitative estimate of drug-likeness (QED) is 0.616. The fraction of sp³-hybridized carbons (Fsp3) is 0.100. The van der Waals surface area contributed by atoms with Gasteiger partial charge in [0.05, 0.1) is 0 Å². The standard InChI is InChI=1S/C20H19NO/c1-4-17-12-13-20(21(17)18-8-6-5-7-9-18)22-19-14-15(2)10-11-16(19)3/h4-14H,1H2,2-3H3. The molecule has 0 unspecified atom stereocenters. The van der Waals surface area contributed by atoms with Crippen molar-refractivity contribution in [2.75, 3.05) is 0 Å². The molecule has 2 aromatic carbocycles. The number of hydrogen-bond donors (Lipinski definition) is 0. The first kappa shape index (κ1) is 14.2. The van der Waals surface area contributed by atoms with Crippen LogP contribution in [0.5, 0.6) is 11.6 Å². The summed E-state index contributed by atoms with van der Waals surface area (Å²) in [5.41, 5.74) is 4.36. The first-order valence-electron chi connectivity index (χ1n) is 7.34. The summed E-state index contributed by atoms with van der Waals surface area (Å²) in [4.78, 5) is 0. The van der Waals surface area contributed by atoms with Gasteiger partial charge in [0.1, 0.15) is 5.75 Å². The minimum atomic E-state index is 0.787. The number of nitrogens with zero attached hydrogens (tertiary/aromatic N) is 1. The van der Waals surface area contributed by atoms with E-state index in [1.807, 2.05) is 36.4 Å². The van der Waals surface area contributed by atoms with E-state index in [1.54, 1.807) is 0 Å². The van der Waals surface area contributed by atoms with Crippen LogP contribution in [0, 0.1) is 13.8 Å². The first-order valence-corrected chi connectivity index (χ1v) is 7.34. The van der Waals surface area contributed by atoms with Crippen LogP contribution in [0.4, 0.5) is 0 Å². The van der Waals surface area contributed by atoms with E-state index in [0.29, 0.717) is 0 Å². The molecular weight excluding hydrogens is 270 g/mol. The molecule has 1 aromatic heterocycles. The zero-order valence-electron chi connectivity index (χ0n) is 12.9. The van der Waals surface area contributed by atoms with Crippen LogP contribution >= 0.6 is 0 Å². The molecule has 3 rings (SSSR count). The maximum Gasteiger partial charge on any atom is 0.205 e. The predicted molar refractivity (Wildman–Crippen MR) is 91.9 cm³/mol. The van der Waals surface area contributed by atoms with Gasteiger partial charge >= 0.3 is 0 Å². The summed E-state index contributed by atoms with van der Waals surface area (Å²) in [5, 5.41) is 0. The van der Waals surface area contributed by atoms with E-state index in [1.165, 1.54) is 5.56 Å². The minimum Gasteiger partial charge on any atom is -0.440 e. The lowest BCUT2D eigenvalue weighted by molar-refractivity contribution is 0.449. The fourth-order valence-electron chi connectivity index (χ4n) is 2.46. The Balaban J connectivity index is 2.07. The molecule has 0 aliphatic rings. The van der Waals surface area contributed by atoms with Crippen molar-refractivity contribution in [2.45, 2.75) is 13.8 Å². The molecule has 0 spiro atoms. The van der Waals surface area contributed by atoms with Gasteiger partial charge in [-0.25, -0.2) is 0 Å². The van der Waals surface area contributed by atoms with Gasteiger partial charge in [-0.05, 0) is 55.3 Å². The van der Waals surface area contributed by atoms with E-state index in [2.05, 4.69) is 55.3 Å². The maximum absolute atomic E-state index is 6.17. The van der Waals surface area contributed by atoms with E-state index in [-0.39, 0.29) is 0 Å². The summed E-state index contributed by atoms with van der Waals surface area (Å²) in [6.07, 6.45) is 1.84. The third kappa shape index (κ3) is 2.68. The fourth-order valence-corrected chi connectivity index (χ4v) is 2.46. The molecule has 0 aliphatic heterocycles. The van der Waals surface area contributed by atoms with Crippen LogP contribution in [0.25, 0.3) is 11.8 Å². The van der Waals surface area contributed by atoms with Crippen molar-refractivity contribution in [1.82, 2.24) is 4.57 Å². The summed E-state index contributed by atoms with van der Waals surface area (Å²) in [7, 11) is 0. The molecule has 0 aliphatic carbocycles. The maximum atomic E-state index is 6.17. The molecule has 0 saturated heterocycles. The number of rotatable bonds is 4. The van der Waals surface area contributed by atoms with Gasteiger partial charge in [-0.2, -0.15) is 0 Å². The lowest BCUT2D eigenvalue weighted by Crippen LogP contribution is -2.00. The van der Waals surface area contributed by atoms with Gasteiger partial charge < -0.3 is 4.74 Å². The molecule has 0 radical (unpaired) electrons. The summed E-state index contributed by atoms with van der Waals surface area (Å²) in [6.45, 7) is 8.01. The summed E-state index contributed by atoms with van der Waals surface area (Å²) < 4.78 is 8.24. The largest absolute Gasteiger partial charge is 0.440 e. The van der Waals surface area contributed by atoms with E-state index in [0.717, 1.165) is 28.6 Å². The van der Waals surface area contributed by atoms with Crippen molar-refractivity contribution < 1.29 is 4.74 Å². The molecule has 0 bridgehead atoms. The number of hydrogen-bond acceptors (Lipinski definition) is 1. The van der Waals surface area contributed by atoms with Crippen molar-refractivity contribution in [1.29, 1.82) is 0 Å². The Morgan fingerprint density at radius 3 is 2.45 bits per heavy atom. The van der Waals surface area contributed by atoms with Crippen LogP contribution in [-0.2, 0) is 0 Å². The summed E-state index contributed by atoms with van der Waals surface area (Å²) in [5.74, 6) is 1.67. The molecule has 3 aromatic rings. The second kappa shape index (κ2) is 5.94. The minimum absolute atomic E-state index is 0.787. The molecule has 0 N–H and O–H groups in total. The smallest absolute Gasteiger partial charge is 0.205 e. The SMILES string of the molecule is C=Cc1ccc(Oc2cc(C)ccc2C)n1-c1ccccc1. The van der Waals surface area contributed by atoms with Crippen molar-refractivity contribution in [3.63, 3.8) is 0 Å². The number of para-hydroxylation sites is 1. The topological polar surface area (TPSA) is 14.2 Å². The van der Waals surface area contributed by atoms with Gasteiger partial charge in [-0.3, -0.25) is 4.57 Å². The lowest BCUT2D eigenvalue weighted by Gasteiger charge is -2.14. The van der Waals surface area contributed by atoms with Gasteiger partial charge in [0, 0.05) is 17.4 Å². The van der Waals surface area contributed by atoms with Crippen LogP contribution < -0.4 is 4.74 Å². The van der Waals surface area contributed by atoms with Crippen molar-refractivity contribution in [3.05, 3.63) is 84.1 Å². The highest BCUT2D eigenvalue weighted by Gasteiger charge is 2.11. The van der Waals surface area contributed by atoms with Crippen LogP contribution in [0.3, 0.4) is 0 Å². The van der Waals surface area contributed by atoms with Crippen molar-refractivity contribution in [3.8, 4) is 17.3 Å². The second-order valence-electron chi connectivity index (χ2n) is 5.34. The highest BCUT2D eigenvalue weighted by molar-refractivity contribution is 5.53. The monoisotopic (exact) mass is 289 g/mol. The van der Waals surface area contributed by atoms with E-state index >= 15 is 0 Å². The molecule has 22 heavy (non-hydrogen) atoms. The number of aryl methyl sites for hydroxylation is 2. The first-order chi connectivity index (χ1) is 10.7. The lowest BCUT2D eigenvalue weighted by atomic mass is 10.1. The van der Waals surface area contributed by atoms with Gasteiger partial charge in [0.2, 0.25) is 5.88 Å².